The lowest BCUT2D eigenvalue weighted by molar-refractivity contribution is 0.602. The van der Waals surface area contributed by atoms with Crippen molar-refractivity contribution in [2.75, 3.05) is 21.3 Å². The van der Waals surface area contributed by atoms with Gasteiger partial charge < -0.3 is 4.90 Å². The molecule has 124 valence electrons. The van der Waals surface area contributed by atoms with E-state index in [4.69, 9.17) is 12.2 Å². The first kappa shape index (κ1) is 16.9. The van der Waals surface area contributed by atoms with E-state index in [1.54, 1.807) is 29.2 Å². The summed E-state index contributed by atoms with van der Waals surface area (Å²) in [5.41, 5.74) is 1.45. The standard InChI is InChI=1S/C16H15N3O2S3/c1-18(13-8-4-2-5-9-13)15(22)17-16-19(24(20,21)12-23-16)14-10-6-3-7-11-14/h2-11H,12H2,1H3/b17-16-. The zero-order valence-electron chi connectivity index (χ0n) is 12.9. The van der Waals surface area contributed by atoms with E-state index < -0.39 is 10.0 Å². The summed E-state index contributed by atoms with van der Waals surface area (Å²) in [5.74, 6) is 0. The van der Waals surface area contributed by atoms with Gasteiger partial charge in [-0.2, -0.15) is 4.99 Å². The van der Waals surface area contributed by atoms with Crippen molar-refractivity contribution in [1.82, 2.24) is 0 Å². The van der Waals surface area contributed by atoms with Crippen molar-refractivity contribution in [3.8, 4) is 0 Å². The lowest BCUT2D eigenvalue weighted by Gasteiger charge is -2.20. The number of hydrogen-bond donors (Lipinski definition) is 0. The topological polar surface area (TPSA) is 53.0 Å². The van der Waals surface area contributed by atoms with Gasteiger partial charge in [-0.15, -0.1) is 0 Å². The van der Waals surface area contributed by atoms with Crippen LogP contribution in [-0.2, 0) is 10.0 Å². The van der Waals surface area contributed by atoms with Crippen LogP contribution >= 0.6 is 24.0 Å². The molecule has 3 rings (SSSR count). The van der Waals surface area contributed by atoms with Gasteiger partial charge in [0.2, 0.25) is 5.11 Å². The molecule has 0 saturated carbocycles. The highest BCUT2D eigenvalue weighted by molar-refractivity contribution is 8.27. The molecule has 0 N–H and O–H groups in total. The number of nitrogens with zero attached hydrogens (tertiary/aromatic N) is 3. The van der Waals surface area contributed by atoms with Gasteiger partial charge in [-0.3, -0.25) is 0 Å². The van der Waals surface area contributed by atoms with Crippen LogP contribution in [-0.4, -0.2) is 30.8 Å². The van der Waals surface area contributed by atoms with Crippen LogP contribution in [0, 0.1) is 0 Å². The van der Waals surface area contributed by atoms with E-state index in [1.165, 1.54) is 16.1 Å². The van der Waals surface area contributed by atoms with E-state index in [2.05, 4.69) is 4.99 Å². The largest absolute Gasteiger partial charge is 0.320 e. The summed E-state index contributed by atoms with van der Waals surface area (Å²) in [6, 6.07) is 18.5. The van der Waals surface area contributed by atoms with Crippen molar-refractivity contribution >= 4 is 55.7 Å². The zero-order chi connectivity index (χ0) is 17.2. The normalized spacial score (nSPS) is 17.9. The molecule has 1 saturated heterocycles. The van der Waals surface area contributed by atoms with Crippen molar-refractivity contribution in [2.45, 2.75) is 0 Å². The van der Waals surface area contributed by atoms with Crippen LogP contribution in [0.25, 0.3) is 0 Å². The average molecular weight is 378 g/mol. The SMILES string of the molecule is CN(C(=S)/N=C1\SCS(=O)(=O)N1c1ccccc1)c1ccccc1. The molecule has 0 aromatic heterocycles. The third kappa shape index (κ3) is 3.45. The third-order valence-corrected chi connectivity index (χ3v) is 7.02. The van der Waals surface area contributed by atoms with E-state index in [1.807, 2.05) is 43.4 Å². The molecule has 0 aliphatic carbocycles. The lowest BCUT2D eigenvalue weighted by Crippen LogP contribution is -2.31. The first-order valence-corrected chi connectivity index (χ1v) is 10.1. The Hall–Kier alpha value is -1.90. The van der Waals surface area contributed by atoms with E-state index in [0.717, 1.165) is 5.69 Å². The molecule has 0 bridgehead atoms. The van der Waals surface area contributed by atoms with Crippen LogP contribution in [0.5, 0.6) is 0 Å². The lowest BCUT2D eigenvalue weighted by atomic mass is 10.3. The number of thiocarbonyl (C=S) groups is 1. The Balaban J connectivity index is 1.92. The summed E-state index contributed by atoms with van der Waals surface area (Å²) in [6.45, 7) is 0. The van der Waals surface area contributed by atoms with Gasteiger partial charge in [0.1, 0.15) is 5.08 Å². The van der Waals surface area contributed by atoms with Gasteiger partial charge in [-0.05, 0) is 36.5 Å². The fourth-order valence-corrected chi connectivity index (χ4v) is 5.47. The van der Waals surface area contributed by atoms with Crippen molar-refractivity contribution in [1.29, 1.82) is 0 Å². The number of aliphatic imine (C=N–C) groups is 1. The van der Waals surface area contributed by atoms with E-state index >= 15 is 0 Å². The molecule has 1 fully saturated rings. The van der Waals surface area contributed by atoms with Gasteiger partial charge in [0.15, 0.2) is 5.17 Å². The van der Waals surface area contributed by atoms with Gasteiger partial charge in [0.05, 0.1) is 5.69 Å². The summed E-state index contributed by atoms with van der Waals surface area (Å²) in [6.07, 6.45) is 0. The molecule has 0 unspecified atom stereocenters. The first-order valence-electron chi connectivity index (χ1n) is 7.11. The number of thioether (sulfide) groups is 1. The summed E-state index contributed by atoms with van der Waals surface area (Å²) in [4.78, 5) is 6.14. The minimum Gasteiger partial charge on any atom is -0.320 e. The Morgan fingerprint density at radius 3 is 2.33 bits per heavy atom. The molecular weight excluding hydrogens is 362 g/mol. The average Bonchev–Trinajstić information content (AvgIpc) is 2.90. The number of amidine groups is 1. The van der Waals surface area contributed by atoms with Gasteiger partial charge in [-0.1, -0.05) is 48.2 Å². The van der Waals surface area contributed by atoms with E-state index in [0.29, 0.717) is 16.0 Å². The minimum atomic E-state index is -3.44. The van der Waals surface area contributed by atoms with Crippen molar-refractivity contribution in [3.05, 3.63) is 60.7 Å². The summed E-state index contributed by atoms with van der Waals surface area (Å²) >= 11 is 6.54. The zero-order valence-corrected chi connectivity index (χ0v) is 15.3. The highest BCUT2D eigenvalue weighted by Crippen LogP contribution is 2.31. The van der Waals surface area contributed by atoms with Gasteiger partial charge in [0.25, 0.3) is 10.0 Å². The molecule has 1 aliphatic heterocycles. The Kier molecular flexibility index (Phi) is 4.88. The van der Waals surface area contributed by atoms with Gasteiger partial charge in [-0.25, -0.2) is 12.7 Å². The maximum Gasteiger partial charge on any atom is 0.250 e. The summed E-state index contributed by atoms with van der Waals surface area (Å²) in [7, 11) is -1.63. The molecule has 0 radical (unpaired) electrons. The second-order valence-corrected chi connectivity index (χ2v) is 8.54. The monoisotopic (exact) mass is 377 g/mol. The predicted octanol–water partition coefficient (Wildman–Crippen LogP) is 3.30. The van der Waals surface area contributed by atoms with Crippen LogP contribution in [0.15, 0.2) is 65.7 Å². The van der Waals surface area contributed by atoms with E-state index in [-0.39, 0.29) is 5.08 Å². The molecule has 2 aromatic rings. The number of anilines is 2. The molecule has 0 atom stereocenters. The molecule has 2 aromatic carbocycles. The molecule has 0 spiro atoms. The van der Waals surface area contributed by atoms with Gasteiger partial charge >= 0.3 is 0 Å². The quantitative estimate of drug-likeness (QED) is 0.752. The van der Waals surface area contributed by atoms with Crippen LogP contribution in [0.3, 0.4) is 0 Å². The fraction of sp³-hybridized carbons (Fsp3) is 0.125. The van der Waals surface area contributed by atoms with Crippen LogP contribution in [0.4, 0.5) is 11.4 Å². The molecule has 5 nitrogen and oxygen atoms in total. The van der Waals surface area contributed by atoms with Crippen LogP contribution in [0.2, 0.25) is 0 Å². The first-order chi connectivity index (χ1) is 11.5. The highest BCUT2D eigenvalue weighted by atomic mass is 32.3. The molecule has 8 heteroatoms. The van der Waals surface area contributed by atoms with Crippen molar-refractivity contribution < 1.29 is 8.42 Å². The molecule has 1 heterocycles. The van der Waals surface area contributed by atoms with Crippen LogP contribution in [0.1, 0.15) is 0 Å². The number of rotatable bonds is 2. The summed E-state index contributed by atoms with van der Waals surface area (Å²) in [5, 5.41) is 0.633. The maximum absolute atomic E-state index is 12.4. The Labute approximate surface area is 151 Å². The minimum absolute atomic E-state index is 0.0433. The molecule has 0 amide bonds. The Morgan fingerprint density at radius 1 is 1.12 bits per heavy atom. The number of hydrogen-bond acceptors (Lipinski definition) is 4. The maximum atomic E-state index is 12.4. The highest BCUT2D eigenvalue weighted by Gasteiger charge is 2.36. The third-order valence-electron chi connectivity index (χ3n) is 3.40. The second kappa shape index (κ2) is 6.92. The summed E-state index contributed by atoms with van der Waals surface area (Å²) < 4.78 is 26.0. The second-order valence-electron chi connectivity index (χ2n) is 5.05. The van der Waals surface area contributed by atoms with Crippen LogP contribution < -0.4 is 9.21 Å². The Bertz CT molecular complexity index is 868. The fourth-order valence-electron chi connectivity index (χ4n) is 2.19. The van der Waals surface area contributed by atoms with E-state index in [9.17, 15) is 8.42 Å². The smallest absolute Gasteiger partial charge is 0.250 e. The van der Waals surface area contributed by atoms with Gasteiger partial charge in [0, 0.05) is 12.7 Å². The number of benzene rings is 2. The van der Waals surface area contributed by atoms with Crippen molar-refractivity contribution in [3.63, 3.8) is 0 Å². The number of sulfonamides is 1. The Morgan fingerprint density at radius 2 is 1.71 bits per heavy atom. The molecule has 24 heavy (non-hydrogen) atoms. The predicted molar refractivity (Wildman–Crippen MR) is 105 cm³/mol. The number of para-hydroxylation sites is 2. The van der Waals surface area contributed by atoms with Crippen molar-refractivity contribution in [2.24, 2.45) is 4.99 Å². The molecule has 1 aliphatic rings. The molecular formula is C16H15N3O2S3.